The Kier molecular flexibility index (Phi) is 3.77. The van der Waals surface area contributed by atoms with Crippen LogP contribution in [0.3, 0.4) is 0 Å². The van der Waals surface area contributed by atoms with Gasteiger partial charge in [0.25, 0.3) is 0 Å². The van der Waals surface area contributed by atoms with E-state index in [1.165, 1.54) is 6.07 Å². The molecule has 0 atom stereocenters. The highest BCUT2D eigenvalue weighted by Gasteiger charge is 2.52. The van der Waals surface area contributed by atoms with Crippen molar-refractivity contribution < 1.29 is 22.8 Å². The normalized spacial score (nSPS) is 20.5. The van der Waals surface area contributed by atoms with Gasteiger partial charge in [-0.2, -0.15) is 8.78 Å². The molecular formula is C13H18BF2NO3. The molecule has 0 amide bonds. The predicted molar refractivity (Wildman–Crippen MR) is 71.3 cm³/mol. The smallest absolute Gasteiger partial charge is 0.417 e. The lowest BCUT2D eigenvalue weighted by Gasteiger charge is -2.32. The highest BCUT2D eigenvalue weighted by Crippen LogP contribution is 2.36. The van der Waals surface area contributed by atoms with Gasteiger partial charge in [0.05, 0.1) is 11.2 Å². The maximum atomic E-state index is 12.1. The molecule has 1 aliphatic heterocycles. The van der Waals surface area contributed by atoms with Crippen LogP contribution in [0.1, 0.15) is 33.4 Å². The van der Waals surface area contributed by atoms with Crippen LogP contribution in [0.25, 0.3) is 0 Å². The van der Waals surface area contributed by atoms with Gasteiger partial charge >= 0.3 is 13.7 Å². The summed E-state index contributed by atoms with van der Waals surface area (Å²) in [4.78, 5) is 3.99. The highest BCUT2D eigenvalue weighted by atomic mass is 19.3. The number of hydrogen-bond donors (Lipinski definition) is 0. The first-order chi connectivity index (χ1) is 9.12. The third-order valence-corrected chi connectivity index (χ3v) is 3.82. The number of rotatable bonds is 3. The monoisotopic (exact) mass is 285 g/mol. The first-order valence-corrected chi connectivity index (χ1v) is 6.40. The van der Waals surface area contributed by atoms with Crippen LogP contribution in [0.5, 0.6) is 5.88 Å². The topological polar surface area (TPSA) is 40.6 Å². The van der Waals surface area contributed by atoms with Crippen LogP contribution in [0.4, 0.5) is 8.78 Å². The minimum absolute atomic E-state index is 0.113. The van der Waals surface area contributed by atoms with Gasteiger partial charge in [-0.3, -0.25) is 0 Å². The molecule has 1 aliphatic rings. The number of ether oxygens (including phenoxy) is 1. The average molecular weight is 285 g/mol. The zero-order valence-corrected chi connectivity index (χ0v) is 12.2. The molecule has 1 aromatic heterocycles. The van der Waals surface area contributed by atoms with E-state index in [1.54, 1.807) is 13.0 Å². The molecule has 4 nitrogen and oxygen atoms in total. The van der Waals surface area contributed by atoms with Crippen molar-refractivity contribution in [2.75, 3.05) is 0 Å². The molecule has 20 heavy (non-hydrogen) atoms. The molecule has 0 spiro atoms. The summed E-state index contributed by atoms with van der Waals surface area (Å²) in [5.41, 5.74) is 0.344. The Hall–Kier alpha value is -1.21. The SMILES string of the molecule is Cc1nc(OC(F)F)ccc1B1OC(C)(C)C(C)(C)O1. The minimum Gasteiger partial charge on any atom is -0.417 e. The summed E-state index contributed by atoms with van der Waals surface area (Å²) in [6.07, 6.45) is 0. The second kappa shape index (κ2) is 4.97. The largest absolute Gasteiger partial charge is 0.496 e. The third-order valence-electron chi connectivity index (χ3n) is 3.82. The number of aromatic nitrogens is 1. The first kappa shape index (κ1) is 15.2. The molecule has 110 valence electrons. The molecule has 0 aliphatic carbocycles. The van der Waals surface area contributed by atoms with Crippen molar-refractivity contribution in [3.63, 3.8) is 0 Å². The maximum Gasteiger partial charge on any atom is 0.496 e. The van der Waals surface area contributed by atoms with Crippen molar-refractivity contribution in [1.82, 2.24) is 4.98 Å². The van der Waals surface area contributed by atoms with Crippen molar-refractivity contribution in [1.29, 1.82) is 0 Å². The van der Waals surface area contributed by atoms with Crippen LogP contribution in [0.2, 0.25) is 0 Å². The standard InChI is InChI=1S/C13H18BF2NO3/c1-8-9(6-7-10(17-8)18-11(15)16)14-19-12(2,3)13(4,5)20-14/h6-7,11H,1-5H3. The number of halogens is 2. The van der Waals surface area contributed by atoms with Gasteiger partial charge in [0.2, 0.25) is 5.88 Å². The van der Waals surface area contributed by atoms with E-state index in [-0.39, 0.29) is 5.88 Å². The summed E-state index contributed by atoms with van der Waals surface area (Å²) in [7, 11) is -0.562. The molecule has 0 bridgehead atoms. The second-order valence-electron chi connectivity index (χ2n) is 5.79. The Morgan fingerprint density at radius 1 is 1.15 bits per heavy atom. The van der Waals surface area contributed by atoms with Gasteiger partial charge in [0, 0.05) is 17.2 Å². The highest BCUT2D eigenvalue weighted by molar-refractivity contribution is 6.62. The molecule has 1 fully saturated rings. The third kappa shape index (κ3) is 2.78. The quantitative estimate of drug-likeness (QED) is 0.799. The molecular weight excluding hydrogens is 267 g/mol. The Labute approximate surface area is 117 Å². The average Bonchev–Trinajstić information content (AvgIpc) is 2.46. The van der Waals surface area contributed by atoms with E-state index in [0.717, 1.165) is 0 Å². The van der Waals surface area contributed by atoms with E-state index >= 15 is 0 Å². The molecule has 0 aromatic carbocycles. The molecule has 0 radical (unpaired) electrons. The molecule has 1 aromatic rings. The van der Waals surface area contributed by atoms with Crippen molar-refractivity contribution in [3.8, 4) is 5.88 Å². The van der Waals surface area contributed by atoms with E-state index in [1.807, 2.05) is 27.7 Å². The summed E-state index contributed by atoms with van der Waals surface area (Å²) in [6.45, 7) is 6.62. The fourth-order valence-corrected chi connectivity index (χ4v) is 1.92. The van der Waals surface area contributed by atoms with Crippen LogP contribution in [-0.4, -0.2) is 29.9 Å². The Morgan fingerprint density at radius 3 is 2.15 bits per heavy atom. The van der Waals surface area contributed by atoms with E-state index in [0.29, 0.717) is 11.2 Å². The summed E-state index contributed by atoms with van der Waals surface area (Å²) in [5, 5.41) is 0. The lowest BCUT2D eigenvalue weighted by atomic mass is 9.78. The van der Waals surface area contributed by atoms with E-state index in [2.05, 4.69) is 9.72 Å². The Morgan fingerprint density at radius 2 is 1.70 bits per heavy atom. The van der Waals surface area contributed by atoms with Crippen molar-refractivity contribution in [3.05, 3.63) is 17.8 Å². The number of nitrogens with zero attached hydrogens (tertiary/aromatic N) is 1. The van der Waals surface area contributed by atoms with Crippen LogP contribution < -0.4 is 10.2 Å². The summed E-state index contributed by atoms with van der Waals surface area (Å²) < 4.78 is 40.4. The van der Waals surface area contributed by atoms with E-state index in [9.17, 15) is 8.78 Å². The Bertz CT molecular complexity index is 492. The van der Waals surface area contributed by atoms with Crippen LogP contribution in [-0.2, 0) is 9.31 Å². The molecule has 2 heterocycles. The first-order valence-electron chi connectivity index (χ1n) is 6.40. The number of aryl methyl sites for hydroxylation is 1. The lowest BCUT2D eigenvalue weighted by Crippen LogP contribution is -2.41. The molecule has 0 unspecified atom stereocenters. The van der Waals surface area contributed by atoms with Gasteiger partial charge in [-0.05, 0) is 34.6 Å². The molecule has 7 heteroatoms. The van der Waals surface area contributed by atoms with Crippen molar-refractivity contribution >= 4 is 12.6 Å². The zero-order chi connectivity index (χ0) is 15.1. The predicted octanol–water partition coefficient (Wildman–Crippen LogP) is 2.29. The van der Waals surface area contributed by atoms with Crippen LogP contribution in [0, 0.1) is 6.92 Å². The van der Waals surface area contributed by atoms with Gasteiger partial charge in [0.1, 0.15) is 0 Å². The van der Waals surface area contributed by atoms with Crippen molar-refractivity contribution in [2.45, 2.75) is 52.4 Å². The van der Waals surface area contributed by atoms with Gasteiger partial charge in [-0.25, -0.2) is 4.98 Å². The van der Waals surface area contributed by atoms with E-state index in [4.69, 9.17) is 9.31 Å². The fourth-order valence-electron chi connectivity index (χ4n) is 1.92. The summed E-state index contributed by atoms with van der Waals surface area (Å²) >= 11 is 0. The van der Waals surface area contributed by atoms with Gasteiger partial charge in [-0.15, -0.1) is 0 Å². The van der Waals surface area contributed by atoms with Crippen LogP contribution in [0.15, 0.2) is 12.1 Å². The number of pyridine rings is 1. The summed E-state index contributed by atoms with van der Waals surface area (Å²) in [6, 6.07) is 3.03. The molecule has 2 rings (SSSR count). The van der Waals surface area contributed by atoms with Gasteiger partial charge in [-0.1, -0.05) is 6.07 Å². The van der Waals surface area contributed by atoms with E-state index < -0.39 is 24.9 Å². The lowest BCUT2D eigenvalue weighted by molar-refractivity contribution is -0.0528. The summed E-state index contributed by atoms with van der Waals surface area (Å²) in [5.74, 6) is -0.113. The Balaban J connectivity index is 2.23. The molecule has 0 N–H and O–H groups in total. The minimum atomic E-state index is -2.88. The molecule has 0 saturated carbocycles. The number of hydrogen-bond acceptors (Lipinski definition) is 4. The fraction of sp³-hybridized carbons (Fsp3) is 0.615. The van der Waals surface area contributed by atoms with Gasteiger partial charge < -0.3 is 14.0 Å². The maximum absolute atomic E-state index is 12.1. The second-order valence-corrected chi connectivity index (χ2v) is 5.79. The van der Waals surface area contributed by atoms with Gasteiger partial charge in [0.15, 0.2) is 0 Å². The number of alkyl halides is 2. The van der Waals surface area contributed by atoms with Crippen molar-refractivity contribution in [2.24, 2.45) is 0 Å². The van der Waals surface area contributed by atoms with Crippen LogP contribution >= 0.6 is 0 Å². The zero-order valence-electron chi connectivity index (χ0n) is 12.2. The molecule has 1 saturated heterocycles.